The Labute approximate surface area is 370 Å². The summed E-state index contributed by atoms with van der Waals surface area (Å²) in [7, 11) is -1.88. The van der Waals surface area contributed by atoms with Gasteiger partial charge in [0.05, 0.1) is 24.8 Å². The molecular formula is C58H51N3OSi+2. The highest BCUT2D eigenvalue weighted by Gasteiger charge is 2.67. The first-order valence-corrected chi connectivity index (χ1v) is 26.1. The van der Waals surface area contributed by atoms with Crippen LogP contribution in [0.5, 0.6) is 0 Å². The van der Waals surface area contributed by atoms with E-state index in [1.54, 1.807) is 0 Å². The van der Waals surface area contributed by atoms with Gasteiger partial charge in [0.15, 0.2) is 22.8 Å². The Morgan fingerprint density at radius 3 is 1.94 bits per heavy atom. The molecule has 63 heavy (non-hydrogen) atoms. The van der Waals surface area contributed by atoms with E-state index in [1.165, 1.54) is 66.5 Å². The van der Waals surface area contributed by atoms with Gasteiger partial charge in [-0.25, -0.2) is 0 Å². The number of para-hydroxylation sites is 4. The fourth-order valence-corrected chi connectivity index (χ4v) is 12.8. The summed E-state index contributed by atoms with van der Waals surface area (Å²) in [5, 5.41) is 3.76. The Balaban J connectivity index is 1.35. The molecule has 3 aromatic heterocycles. The summed E-state index contributed by atoms with van der Waals surface area (Å²) in [6, 6.07) is 60.9. The summed E-state index contributed by atoms with van der Waals surface area (Å²) in [4.78, 5) is 0. The Morgan fingerprint density at radius 2 is 1.25 bits per heavy atom. The maximum Gasteiger partial charge on any atom is 0.364 e. The SMILES string of the molecule is CC(C)c1ccc2c(c1)C1(c3ccc4c(oc5ccccc54)c3-c3n(-c4c(-c5ccccc5)cccc4-c4ccccc4)c4ccccc4[n+]31)[n+]1cc([Si](C)(C)C)c(C(C)C)cc1-2. The molecule has 1 spiro atoms. The molecular weight excluding hydrogens is 783 g/mol. The quantitative estimate of drug-likeness (QED) is 0.121. The van der Waals surface area contributed by atoms with E-state index in [0.29, 0.717) is 11.8 Å². The topological polar surface area (TPSA) is 25.8 Å². The van der Waals surface area contributed by atoms with E-state index in [1.807, 2.05) is 0 Å². The average Bonchev–Trinajstić information content (AvgIpc) is 4.01. The Bertz CT molecular complexity index is 3440. The number of furan rings is 1. The highest BCUT2D eigenvalue weighted by molar-refractivity contribution is 6.89. The van der Waals surface area contributed by atoms with Crippen LogP contribution in [-0.2, 0) is 5.66 Å². The van der Waals surface area contributed by atoms with Crippen molar-refractivity contribution in [1.82, 2.24) is 4.57 Å². The summed E-state index contributed by atoms with van der Waals surface area (Å²) in [5.41, 5.74) is 18.2. The maximum atomic E-state index is 7.21. The first-order chi connectivity index (χ1) is 30.6. The minimum absolute atomic E-state index is 0.348. The normalized spacial score (nSPS) is 15.3. The fourth-order valence-electron chi connectivity index (χ4n) is 11.1. The summed E-state index contributed by atoms with van der Waals surface area (Å²) >= 11 is 0. The predicted octanol–water partition coefficient (Wildman–Crippen LogP) is 13.5. The van der Waals surface area contributed by atoms with Gasteiger partial charge in [0, 0.05) is 33.2 Å². The lowest BCUT2D eigenvalue weighted by atomic mass is 9.86. The van der Waals surface area contributed by atoms with Crippen LogP contribution < -0.4 is 14.3 Å². The molecule has 12 rings (SSSR count). The smallest absolute Gasteiger partial charge is 0.364 e. The zero-order valence-electron chi connectivity index (χ0n) is 37.1. The molecule has 7 aromatic carbocycles. The third-order valence-corrected chi connectivity index (χ3v) is 16.0. The highest BCUT2D eigenvalue weighted by atomic mass is 28.3. The van der Waals surface area contributed by atoms with Crippen LogP contribution in [0.4, 0.5) is 0 Å². The molecule has 0 amide bonds. The molecule has 0 fully saturated rings. The van der Waals surface area contributed by atoms with Gasteiger partial charge in [-0.2, -0.15) is 4.57 Å². The molecule has 0 radical (unpaired) electrons. The van der Waals surface area contributed by atoms with Gasteiger partial charge in [-0.3, -0.25) is 0 Å². The van der Waals surface area contributed by atoms with E-state index < -0.39 is 13.7 Å². The molecule has 4 nitrogen and oxygen atoms in total. The number of rotatable bonds is 6. The lowest BCUT2D eigenvalue weighted by molar-refractivity contribution is -0.944. The van der Waals surface area contributed by atoms with Gasteiger partial charge < -0.3 is 4.42 Å². The van der Waals surface area contributed by atoms with Crippen molar-refractivity contribution in [2.24, 2.45) is 0 Å². The zero-order chi connectivity index (χ0) is 42.9. The molecule has 1 atom stereocenters. The first kappa shape index (κ1) is 37.9. The van der Waals surface area contributed by atoms with Crippen LogP contribution in [0.15, 0.2) is 174 Å². The molecule has 1 unspecified atom stereocenters. The van der Waals surface area contributed by atoms with Crippen LogP contribution >= 0.6 is 0 Å². The minimum Gasteiger partial charge on any atom is -0.455 e. The molecule has 0 aliphatic carbocycles. The Morgan fingerprint density at radius 1 is 0.587 bits per heavy atom. The van der Waals surface area contributed by atoms with Crippen LogP contribution in [0.1, 0.15) is 61.8 Å². The number of benzene rings is 7. The monoisotopic (exact) mass is 833 g/mol. The maximum absolute atomic E-state index is 7.21. The van der Waals surface area contributed by atoms with E-state index >= 15 is 0 Å². The standard InChI is InChI=1S/C58H51N3OSi/c1-36(2)40-29-30-45-48(33-40)58(59-35-53(63(5,6)7)46(37(3)4)34-51(45)59)47-32-31-44-43-23-14-17-28-52(43)62-56(44)54(47)57-60(49-26-15-16-27-50(49)61(57)58)55-41(38-19-10-8-11-20-38)24-18-25-42(55)39-21-12-9-13-22-39/h8-37H,1-7H3/q+2. The number of nitrogens with zero attached hydrogens (tertiary/aromatic N) is 3. The average molecular weight is 834 g/mol. The van der Waals surface area contributed by atoms with Gasteiger partial charge >= 0.3 is 11.5 Å². The third-order valence-electron chi connectivity index (χ3n) is 13.9. The van der Waals surface area contributed by atoms with Gasteiger partial charge in [-0.1, -0.05) is 163 Å². The van der Waals surface area contributed by atoms with E-state index in [2.05, 4.69) is 231 Å². The van der Waals surface area contributed by atoms with Crippen molar-refractivity contribution in [3.05, 3.63) is 192 Å². The molecule has 0 saturated carbocycles. The van der Waals surface area contributed by atoms with Crippen LogP contribution in [0.3, 0.4) is 0 Å². The van der Waals surface area contributed by atoms with Crippen LogP contribution in [0.2, 0.25) is 19.6 Å². The second-order valence-corrected chi connectivity index (χ2v) is 24.4. The van der Waals surface area contributed by atoms with Crippen LogP contribution in [-0.4, -0.2) is 12.6 Å². The summed E-state index contributed by atoms with van der Waals surface area (Å²) in [5.74, 6) is 1.84. The lowest BCUT2D eigenvalue weighted by Crippen LogP contribution is -2.72. The summed E-state index contributed by atoms with van der Waals surface area (Å²) in [6.45, 7) is 16.9. The van der Waals surface area contributed by atoms with Crippen molar-refractivity contribution in [3.8, 4) is 50.6 Å². The molecule has 5 heterocycles. The lowest BCUT2D eigenvalue weighted by Gasteiger charge is -2.25. The number of pyridine rings is 1. The van der Waals surface area contributed by atoms with Gasteiger partial charge in [-0.05, 0) is 76.6 Å². The molecule has 306 valence electrons. The second-order valence-electron chi connectivity index (χ2n) is 19.3. The Hall–Kier alpha value is -6.82. The van der Waals surface area contributed by atoms with E-state index in [0.717, 1.165) is 44.5 Å². The molecule has 10 aromatic rings. The molecule has 0 saturated heterocycles. The Kier molecular flexibility index (Phi) is 8.17. The van der Waals surface area contributed by atoms with E-state index in [9.17, 15) is 0 Å². The van der Waals surface area contributed by atoms with E-state index in [4.69, 9.17) is 4.42 Å². The molecule has 2 aliphatic rings. The van der Waals surface area contributed by atoms with Crippen LogP contribution in [0.25, 0.3) is 83.6 Å². The largest absolute Gasteiger partial charge is 0.455 e. The number of fused-ring (bicyclic) bond motifs is 16. The van der Waals surface area contributed by atoms with Gasteiger partial charge in [0.2, 0.25) is 5.69 Å². The molecule has 0 bridgehead atoms. The van der Waals surface area contributed by atoms with Crippen molar-refractivity contribution in [2.75, 3.05) is 0 Å². The van der Waals surface area contributed by atoms with Crippen molar-refractivity contribution in [1.29, 1.82) is 0 Å². The van der Waals surface area contributed by atoms with Crippen molar-refractivity contribution in [2.45, 2.75) is 64.8 Å². The molecule has 5 heteroatoms. The van der Waals surface area contributed by atoms with E-state index in [-0.39, 0.29) is 0 Å². The van der Waals surface area contributed by atoms with Crippen molar-refractivity contribution in [3.63, 3.8) is 0 Å². The third kappa shape index (κ3) is 5.20. The molecule has 2 aliphatic heterocycles. The highest BCUT2D eigenvalue weighted by Crippen LogP contribution is 2.54. The van der Waals surface area contributed by atoms with Gasteiger partial charge in [0.25, 0.3) is 0 Å². The number of aromatic nitrogens is 3. The first-order valence-electron chi connectivity index (χ1n) is 22.6. The second kappa shape index (κ2) is 13.6. The molecule has 0 N–H and O–H groups in total. The zero-order valence-corrected chi connectivity index (χ0v) is 38.1. The summed E-state index contributed by atoms with van der Waals surface area (Å²) < 4.78 is 15.2. The number of hydrogen-bond acceptors (Lipinski definition) is 1. The fraction of sp³-hybridized carbons (Fsp3) is 0.172. The van der Waals surface area contributed by atoms with Crippen molar-refractivity contribution >= 4 is 46.2 Å². The number of hydrogen-bond donors (Lipinski definition) is 0. The van der Waals surface area contributed by atoms with Gasteiger partial charge in [-0.15, -0.1) is 9.13 Å². The predicted molar refractivity (Wildman–Crippen MR) is 262 cm³/mol. The van der Waals surface area contributed by atoms with Gasteiger partial charge in [0.1, 0.15) is 16.8 Å². The summed E-state index contributed by atoms with van der Waals surface area (Å²) in [6.07, 6.45) is 2.58. The minimum atomic E-state index is -1.88. The number of imidazole rings is 1. The van der Waals surface area contributed by atoms with Crippen LogP contribution in [0, 0.1) is 0 Å². The van der Waals surface area contributed by atoms with Crippen molar-refractivity contribution < 1.29 is 13.6 Å².